The van der Waals surface area contributed by atoms with Crippen molar-refractivity contribution in [2.75, 3.05) is 11.9 Å². The fourth-order valence-corrected chi connectivity index (χ4v) is 5.18. The molecule has 158 valence electrons. The van der Waals surface area contributed by atoms with Gasteiger partial charge in [-0.05, 0) is 48.2 Å². The number of fused-ring (bicyclic) bond motifs is 1. The molecule has 2 aromatic heterocycles. The number of amides is 1. The van der Waals surface area contributed by atoms with Crippen LogP contribution in [-0.2, 0) is 9.53 Å². The summed E-state index contributed by atoms with van der Waals surface area (Å²) in [4.78, 5) is 30.8. The third-order valence-electron chi connectivity index (χ3n) is 4.84. The molecule has 4 aromatic rings. The van der Waals surface area contributed by atoms with Gasteiger partial charge in [-0.2, -0.15) is 0 Å². The van der Waals surface area contributed by atoms with E-state index in [0.717, 1.165) is 36.9 Å². The zero-order valence-corrected chi connectivity index (χ0v) is 19.1. The van der Waals surface area contributed by atoms with Crippen LogP contribution in [0.15, 0.2) is 54.6 Å². The van der Waals surface area contributed by atoms with Crippen LogP contribution < -0.4 is 5.32 Å². The van der Waals surface area contributed by atoms with Crippen molar-refractivity contribution in [2.24, 2.45) is 0 Å². The van der Waals surface area contributed by atoms with Gasteiger partial charge in [0, 0.05) is 5.69 Å². The van der Waals surface area contributed by atoms with Gasteiger partial charge in [-0.15, -0.1) is 22.7 Å². The molecule has 5 nitrogen and oxygen atoms in total. The van der Waals surface area contributed by atoms with E-state index in [-0.39, 0.29) is 18.4 Å². The molecule has 0 saturated carbocycles. The Balaban J connectivity index is 1.40. The van der Waals surface area contributed by atoms with Crippen LogP contribution in [0.4, 0.5) is 5.69 Å². The summed E-state index contributed by atoms with van der Waals surface area (Å²) in [7, 11) is 0. The summed E-state index contributed by atoms with van der Waals surface area (Å²) in [6, 6.07) is 17.4. The zero-order chi connectivity index (χ0) is 22.0. The lowest BCUT2D eigenvalue weighted by atomic mass is 9.98. The largest absolute Gasteiger partial charge is 0.451 e. The molecule has 0 unspecified atom stereocenters. The van der Waals surface area contributed by atoms with Gasteiger partial charge < -0.3 is 10.1 Å². The highest BCUT2D eigenvalue weighted by Gasteiger charge is 2.17. The van der Waals surface area contributed by atoms with Crippen molar-refractivity contribution in [1.29, 1.82) is 0 Å². The minimum absolute atomic E-state index is 0.268. The number of para-hydroxylation sites is 2. The Morgan fingerprint density at radius 2 is 1.84 bits per heavy atom. The van der Waals surface area contributed by atoms with Crippen molar-refractivity contribution < 1.29 is 14.3 Å². The highest BCUT2D eigenvalue weighted by Crippen LogP contribution is 2.34. The monoisotopic (exact) mass is 450 g/mol. The topological polar surface area (TPSA) is 68.3 Å². The Morgan fingerprint density at radius 3 is 2.61 bits per heavy atom. The Bertz CT molecular complexity index is 1220. The molecule has 7 heteroatoms. The SMILES string of the molecule is Cc1cccc(C(C)C)c1NC(=O)COC(=O)c1ccc(-c2nc3ccccc3s2)s1. The quantitative estimate of drug-likeness (QED) is 0.352. The zero-order valence-electron chi connectivity index (χ0n) is 17.5. The van der Waals surface area contributed by atoms with Gasteiger partial charge in [-0.3, -0.25) is 4.79 Å². The lowest BCUT2D eigenvalue weighted by molar-refractivity contribution is -0.119. The number of anilines is 1. The number of rotatable bonds is 6. The number of carbonyl (C=O) groups is 2. The summed E-state index contributed by atoms with van der Waals surface area (Å²) in [5, 5.41) is 3.76. The predicted octanol–water partition coefficient (Wildman–Crippen LogP) is 6.25. The number of hydrogen-bond donors (Lipinski definition) is 1. The smallest absolute Gasteiger partial charge is 0.348 e. The Kier molecular flexibility index (Phi) is 6.15. The molecule has 0 bridgehead atoms. The number of esters is 1. The van der Waals surface area contributed by atoms with Crippen LogP contribution in [0.25, 0.3) is 20.1 Å². The van der Waals surface area contributed by atoms with E-state index in [2.05, 4.69) is 24.1 Å². The first-order valence-corrected chi connectivity index (χ1v) is 11.6. The van der Waals surface area contributed by atoms with E-state index in [1.54, 1.807) is 17.4 Å². The number of nitrogens with one attached hydrogen (secondary N) is 1. The van der Waals surface area contributed by atoms with Gasteiger partial charge in [0.25, 0.3) is 5.91 Å². The number of benzene rings is 2. The molecule has 0 radical (unpaired) electrons. The minimum Gasteiger partial charge on any atom is -0.451 e. The second kappa shape index (κ2) is 8.99. The van der Waals surface area contributed by atoms with Crippen LogP contribution in [0.5, 0.6) is 0 Å². The highest BCUT2D eigenvalue weighted by molar-refractivity contribution is 7.26. The lowest BCUT2D eigenvalue weighted by Gasteiger charge is -2.16. The molecule has 1 amide bonds. The van der Waals surface area contributed by atoms with Crippen LogP contribution in [0, 0.1) is 6.92 Å². The van der Waals surface area contributed by atoms with Crippen molar-refractivity contribution in [3.63, 3.8) is 0 Å². The van der Waals surface area contributed by atoms with E-state index in [0.29, 0.717) is 4.88 Å². The van der Waals surface area contributed by atoms with E-state index in [9.17, 15) is 9.59 Å². The number of ether oxygens (including phenoxy) is 1. The molecule has 0 aliphatic rings. The number of aromatic nitrogens is 1. The van der Waals surface area contributed by atoms with E-state index in [1.165, 1.54) is 11.3 Å². The lowest BCUT2D eigenvalue weighted by Crippen LogP contribution is -2.22. The maximum atomic E-state index is 12.5. The summed E-state index contributed by atoms with van der Waals surface area (Å²) in [5.74, 6) is -0.598. The van der Waals surface area contributed by atoms with Gasteiger partial charge in [-0.25, -0.2) is 9.78 Å². The number of hydrogen-bond acceptors (Lipinski definition) is 6. The predicted molar refractivity (Wildman–Crippen MR) is 127 cm³/mol. The Labute approximate surface area is 188 Å². The van der Waals surface area contributed by atoms with Gasteiger partial charge in [0.05, 0.1) is 15.1 Å². The standard InChI is InChI=1S/C24H22N2O3S2/c1-14(2)16-8-6-7-15(3)22(16)26-21(27)13-29-24(28)20-12-11-19(30-20)23-25-17-9-4-5-10-18(17)31-23/h4-12,14H,13H2,1-3H3,(H,26,27). The Morgan fingerprint density at radius 1 is 1.03 bits per heavy atom. The van der Waals surface area contributed by atoms with Crippen LogP contribution in [0.3, 0.4) is 0 Å². The normalized spacial score (nSPS) is 11.1. The number of thiophene rings is 1. The van der Waals surface area contributed by atoms with Gasteiger partial charge in [0.2, 0.25) is 0 Å². The first kappa shape index (κ1) is 21.2. The van der Waals surface area contributed by atoms with E-state index in [4.69, 9.17) is 4.74 Å². The molecule has 31 heavy (non-hydrogen) atoms. The van der Waals surface area contributed by atoms with Gasteiger partial charge in [0.1, 0.15) is 9.88 Å². The summed E-state index contributed by atoms with van der Waals surface area (Å²) in [6.07, 6.45) is 0. The van der Waals surface area contributed by atoms with Crippen LogP contribution in [-0.4, -0.2) is 23.5 Å². The first-order valence-electron chi connectivity index (χ1n) is 9.94. The molecular formula is C24H22N2O3S2. The third-order valence-corrected chi connectivity index (χ3v) is 7.11. The van der Waals surface area contributed by atoms with Gasteiger partial charge in [0.15, 0.2) is 6.61 Å². The Hall–Kier alpha value is -3.03. The fraction of sp³-hybridized carbons (Fsp3) is 0.208. The molecule has 0 atom stereocenters. The van der Waals surface area contributed by atoms with E-state index in [1.807, 2.05) is 55.5 Å². The number of thiazole rings is 1. The molecule has 1 N–H and O–H groups in total. The van der Waals surface area contributed by atoms with Crippen molar-refractivity contribution in [2.45, 2.75) is 26.7 Å². The number of carbonyl (C=O) groups excluding carboxylic acids is 2. The first-order chi connectivity index (χ1) is 14.9. The second-order valence-electron chi connectivity index (χ2n) is 7.47. The van der Waals surface area contributed by atoms with Crippen molar-refractivity contribution in [1.82, 2.24) is 4.98 Å². The molecule has 2 aromatic carbocycles. The van der Waals surface area contributed by atoms with Gasteiger partial charge in [-0.1, -0.05) is 44.2 Å². The van der Waals surface area contributed by atoms with E-state index < -0.39 is 5.97 Å². The molecular weight excluding hydrogens is 428 g/mol. The van der Waals surface area contributed by atoms with Gasteiger partial charge >= 0.3 is 5.97 Å². The summed E-state index contributed by atoms with van der Waals surface area (Å²) >= 11 is 2.90. The number of nitrogens with zero attached hydrogens (tertiary/aromatic N) is 1. The fourth-order valence-electron chi connectivity index (χ4n) is 3.26. The molecule has 0 saturated heterocycles. The van der Waals surface area contributed by atoms with Crippen LogP contribution in [0.1, 0.15) is 40.6 Å². The molecule has 4 rings (SSSR count). The maximum absolute atomic E-state index is 12.5. The number of aryl methyl sites for hydroxylation is 1. The molecule has 0 spiro atoms. The summed E-state index contributed by atoms with van der Waals surface area (Å²) < 4.78 is 6.35. The van der Waals surface area contributed by atoms with Crippen LogP contribution in [0.2, 0.25) is 0 Å². The maximum Gasteiger partial charge on any atom is 0.348 e. The molecule has 2 heterocycles. The van der Waals surface area contributed by atoms with Crippen LogP contribution >= 0.6 is 22.7 Å². The average molecular weight is 451 g/mol. The summed E-state index contributed by atoms with van der Waals surface area (Å²) in [5.41, 5.74) is 3.75. The third kappa shape index (κ3) is 4.68. The van der Waals surface area contributed by atoms with Crippen molar-refractivity contribution in [3.05, 3.63) is 70.6 Å². The summed E-state index contributed by atoms with van der Waals surface area (Å²) in [6.45, 7) is 5.76. The van der Waals surface area contributed by atoms with E-state index >= 15 is 0 Å². The van der Waals surface area contributed by atoms with Crippen molar-refractivity contribution in [3.8, 4) is 9.88 Å². The minimum atomic E-state index is -0.513. The molecule has 0 fully saturated rings. The van der Waals surface area contributed by atoms with Crippen molar-refractivity contribution >= 4 is 50.5 Å². The average Bonchev–Trinajstić information content (AvgIpc) is 3.40. The second-order valence-corrected chi connectivity index (χ2v) is 9.58. The highest BCUT2D eigenvalue weighted by atomic mass is 32.1. The molecule has 0 aliphatic heterocycles. The molecule has 0 aliphatic carbocycles.